The SMILES string of the molecule is COc1ccc(CNC(=O)C2(N)CC2)cc1OC. The molecule has 2 rings (SSSR count). The van der Waals surface area contributed by atoms with E-state index in [1.165, 1.54) is 0 Å². The summed E-state index contributed by atoms with van der Waals surface area (Å²) in [4.78, 5) is 11.7. The van der Waals surface area contributed by atoms with Crippen molar-refractivity contribution < 1.29 is 14.3 Å². The predicted octanol–water partition coefficient (Wildman–Crippen LogP) is 0.811. The normalized spacial score (nSPS) is 15.9. The number of nitrogens with one attached hydrogen (secondary N) is 1. The molecule has 0 bridgehead atoms. The van der Waals surface area contributed by atoms with Crippen molar-refractivity contribution >= 4 is 5.91 Å². The van der Waals surface area contributed by atoms with Gasteiger partial charge < -0.3 is 20.5 Å². The highest BCUT2D eigenvalue weighted by Gasteiger charge is 2.45. The van der Waals surface area contributed by atoms with Crippen molar-refractivity contribution in [3.63, 3.8) is 0 Å². The van der Waals surface area contributed by atoms with Gasteiger partial charge in [-0.25, -0.2) is 0 Å². The van der Waals surface area contributed by atoms with Crippen molar-refractivity contribution in [1.82, 2.24) is 5.32 Å². The lowest BCUT2D eigenvalue weighted by Crippen LogP contribution is -2.42. The molecule has 0 atom stereocenters. The molecule has 1 saturated carbocycles. The number of carbonyl (C=O) groups is 1. The molecule has 0 spiro atoms. The maximum absolute atomic E-state index is 11.7. The van der Waals surface area contributed by atoms with Crippen LogP contribution in [0, 0.1) is 0 Å². The second-order valence-corrected chi connectivity index (χ2v) is 4.53. The van der Waals surface area contributed by atoms with Gasteiger partial charge in [0.2, 0.25) is 5.91 Å². The van der Waals surface area contributed by atoms with Gasteiger partial charge in [0.15, 0.2) is 11.5 Å². The second kappa shape index (κ2) is 4.86. The molecule has 0 aliphatic heterocycles. The van der Waals surface area contributed by atoms with Crippen LogP contribution in [0.3, 0.4) is 0 Å². The first-order valence-corrected chi connectivity index (χ1v) is 5.87. The lowest BCUT2D eigenvalue weighted by Gasteiger charge is -2.12. The molecule has 0 heterocycles. The van der Waals surface area contributed by atoms with Crippen molar-refractivity contribution in [3.8, 4) is 11.5 Å². The van der Waals surface area contributed by atoms with Gasteiger partial charge in [0, 0.05) is 6.54 Å². The summed E-state index contributed by atoms with van der Waals surface area (Å²) in [5.41, 5.74) is 6.12. The van der Waals surface area contributed by atoms with Crippen LogP contribution < -0.4 is 20.5 Å². The maximum Gasteiger partial charge on any atom is 0.240 e. The molecule has 0 saturated heterocycles. The maximum atomic E-state index is 11.7. The molecule has 1 amide bonds. The summed E-state index contributed by atoms with van der Waals surface area (Å²) in [5.74, 6) is 1.24. The standard InChI is InChI=1S/C13H18N2O3/c1-17-10-4-3-9(7-11(10)18-2)8-15-12(16)13(14)5-6-13/h3-4,7H,5-6,8,14H2,1-2H3,(H,15,16). The van der Waals surface area contributed by atoms with Gasteiger partial charge >= 0.3 is 0 Å². The van der Waals surface area contributed by atoms with E-state index in [0.29, 0.717) is 18.0 Å². The Hall–Kier alpha value is -1.75. The zero-order valence-electron chi connectivity index (χ0n) is 10.7. The van der Waals surface area contributed by atoms with Crippen LogP contribution in [0.5, 0.6) is 11.5 Å². The van der Waals surface area contributed by atoms with Crippen molar-refractivity contribution in [2.75, 3.05) is 14.2 Å². The Morgan fingerprint density at radius 3 is 2.56 bits per heavy atom. The molecule has 1 fully saturated rings. The zero-order valence-corrected chi connectivity index (χ0v) is 10.7. The van der Waals surface area contributed by atoms with E-state index in [0.717, 1.165) is 18.4 Å². The molecule has 0 unspecified atom stereocenters. The lowest BCUT2D eigenvalue weighted by atomic mass is 10.2. The summed E-state index contributed by atoms with van der Waals surface area (Å²) in [5, 5.41) is 2.83. The number of rotatable bonds is 5. The van der Waals surface area contributed by atoms with Gasteiger partial charge in [0.05, 0.1) is 19.8 Å². The smallest absolute Gasteiger partial charge is 0.240 e. The Morgan fingerprint density at radius 1 is 1.33 bits per heavy atom. The first-order valence-electron chi connectivity index (χ1n) is 5.87. The number of benzene rings is 1. The van der Waals surface area contributed by atoms with Crippen molar-refractivity contribution in [1.29, 1.82) is 0 Å². The Labute approximate surface area is 106 Å². The second-order valence-electron chi connectivity index (χ2n) is 4.53. The number of methoxy groups -OCH3 is 2. The minimum atomic E-state index is -0.628. The topological polar surface area (TPSA) is 73.6 Å². The molecule has 1 aliphatic rings. The van der Waals surface area contributed by atoms with E-state index in [1.807, 2.05) is 18.2 Å². The Bertz CT molecular complexity index is 456. The average Bonchev–Trinajstić information content (AvgIpc) is 3.14. The fourth-order valence-corrected chi connectivity index (χ4v) is 1.71. The van der Waals surface area contributed by atoms with E-state index in [4.69, 9.17) is 15.2 Å². The number of amides is 1. The van der Waals surface area contributed by atoms with Gasteiger partial charge in [-0.2, -0.15) is 0 Å². The van der Waals surface area contributed by atoms with Gasteiger partial charge in [0.1, 0.15) is 0 Å². The van der Waals surface area contributed by atoms with Crippen LogP contribution in [0.15, 0.2) is 18.2 Å². The summed E-state index contributed by atoms with van der Waals surface area (Å²) in [7, 11) is 3.17. The molecule has 98 valence electrons. The number of ether oxygens (including phenoxy) is 2. The monoisotopic (exact) mass is 250 g/mol. The first kappa shape index (κ1) is 12.7. The van der Waals surface area contributed by atoms with Crippen LogP contribution in [-0.4, -0.2) is 25.7 Å². The van der Waals surface area contributed by atoms with Crippen molar-refractivity contribution in [2.24, 2.45) is 5.73 Å². The fraction of sp³-hybridized carbons (Fsp3) is 0.462. The zero-order chi connectivity index (χ0) is 13.2. The number of carbonyl (C=O) groups excluding carboxylic acids is 1. The van der Waals surface area contributed by atoms with Gasteiger partial charge in [0.25, 0.3) is 0 Å². The average molecular weight is 250 g/mol. The van der Waals surface area contributed by atoms with E-state index >= 15 is 0 Å². The third-order valence-corrected chi connectivity index (χ3v) is 3.14. The molecule has 18 heavy (non-hydrogen) atoms. The molecule has 1 aromatic rings. The van der Waals surface area contributed by atoms with Crippen LogP contribution in [0.1, 0.15) is 18.4 Å². The summed E-state index contributed by atoms with van der Waals surface area (Å²) in [6.07, 6.45) is 1.54. The summed E-state index contributed by atoms with van der Waals surface area (Å²) in [6.45, 7) is 0.443. The number of hydrogen-bond donors (Lipinski definition) is 2. The molecule has 0 aromatic heterocycles. The van der Waals surface area contributed by atoms with Crippen molar-refractivity contribution in [2.45, 2.75) is 24.9 Å². The van der Waals surface area contributed by atoms with E-state index in [-0.39, 0.29) is 5.91 Å². The number of nitrogens with two attached hydrogens (primary N) is 1. The highest BCUT2D eigenvalue weighted by molar-refractivity contribution is 5.88. The summed E-state index contributed by atoms with van der Waals surface area (Å²) in [6, 6.07) is 5.54. The molecule has 1 aliphatic carbocycles. The molecule has 0 radical (unpaired) electrons. The largest absolute Gasteiger partial charge is 0.493 e. The van der Waals surface area contributed by atoms with E-state index in [2.05, 4.69) is 5.32 Å². The molecule has 1 aromatic carbocycles. The highest BCUT2D eigenvalue weighted by Crippen LogP contribution is 2.32. The van der Waals surface area contributed by atoms with Crippen molar-refractivity contribution in [3.05, 3.63) is 23.8 Å². The minimum absolute atomic E-state index is 0.0858. The van der Waals surface area contributed by atoms with Gasteiger partial charge in [-0.05, 0) is 30.5 Å². The third-order valence-electron chi connectivity index (χ3n) is 3.14. The minimum Gasteiger partial charge on any atom is -0.493 e. The Kier molecular flexibility index (Phi) is 3.43. The predicted molar refractivity (Wildman–Crippen MR) is 67.5 cm³/mol. The summed E-state index contributed by atoms with van der Waals surface area (Å²) >= 11 is 0. The Morgan fingerprint density at radius 2 is 2.00 bits per heavy atom. The highest BCUT2D eigenvalue weighted by atomic mass is 16.5. The quantitative estimate of drug-likeness (QED) is 0.811. The molecule has 5 heteroatoms. The molecular weight excluding hydrogens is 232 g/mol. The van der Waals surface area contributed by atoms with Crippen LogP contribution in [-0.2, 0) is 11.3 Å². The van der Waals surface area contributed by atoms with Gasteiger partial charge in [-0.3, -0.25) is 4.79 Å². The van der Waals surface area contributed by atoms with E-state index in [1.54, 1.807) is 14.2 Å². The van der Waals surface area contributed by atoms with Crippen LogP contribution in [0.25, 0.3) is 0 Å². The van der Waals surface area contributed by atoms with E-state index in [9.17, 15) is 4.79 Å². The van der Waals surface area contributed by atoms with Gasteiger partial charge in [-0.1, -0.05) is 6.07 Å². The fourth-order valence-electron chi connectivity index (χ4n) is 1.71. The van der Waals surface area contributed by atoms with Gasteiger partial charge in [-0.15, -0.1) is 0 Å². The van der Waals surface area contributed by atoms with Crippen LogP contribution in [0.2, 0.25) is 0 Å². The number of hydrogen-bond acceptors (Lipinski definition) is 4. The Balaban J connectivity index is 1.99. The third kappa shape index (κ3) is 2.56. The molecule has 3 N–H and O–H groups in total. The van der Waals surface area contributed by atoms with E-state index < -0.39 is 5.54 Å². The summed E-state index contributed by atoms with van der Waals surface area (Å²) < 4.78 is 10.3. The molecule has 5 nitrogen and oxygen atoms in total. The van der Waals surface area contributed by atoms with Crippen LogP contribution in [0.4, 0.5) is 0 Å². The lowest BCUT2D eigenvalue weighted by molar-refractivity contribution is -0.123. The van der Waals surface area contributed by atoms with Crippen LogP contribution >= 0.6 is 0 Å². The molecular formula is C13H18N2O3. The first-order chi connectivity index (χ1) is 8.59.